The summed E-state index contributed by atoms with van der Waals surface area (Å²) in [6.07, 6.45) is 0. The van der Waals surface area contributed by atoms with Crippen LogP contribution in [0.15, 0.2) is 24.3 Å². The first-order valence-electron chi connectivity index (χ1n) is 6.23. The van der Waals surface area contributed by atoms with Gasteiger partial charge in [-0.1, -0.05) is 18.2 Å². The van der Waals surface area contributed by atoms with E-state index in [1.807, 2.05) is 43.0 Å². The SMILES string of the molecule is CNC(C)(C)C(=O)N1CCOc2ccccc2C1. The molecular formula is C14H20N2O2. The summed E-state index contributed by atoms with van der Waals surface area (Å²) in [6, 6.07) is 7.88. The van der Waals surface area contributed by atoms with E-state index in [0.717, 1.165) is 11.3 Å². The molecule has 0 bridgehead atoms. The van der Waals surface area contributed by atoms with E-state index in [1.165, 1.54) is 0 Å². The third kappa shape index (κ3) is 2.48. The number of amides is 1. The van der Waals surface area contributed by atoms with Crippen LogP contribution in [0.4, 0.5) is 0 Å². The first kappa shape index (κ1) is 12.9. The van der Waals surface area contributed by atoms with Crippen molar-refractivity contribution in [2.24, 2.45) is 0 Å². The molecular weight excluding hydrogens is 228 g/mol. The molecule has 4 nitrogen and oxygen atoms in total. The molecule has 0 fully saturated rings. The second kappa shape index (κ2) is 4.98. The van der Waals surface area contributed by atoms with Crippen LogP contribution in [0.1, 0.15) is 19.4 Å². The number of nitrogens with zero attached hydrogens (tertiary/aromatic N) is 1. The molecule has 1 amide bonds. The van der Waals surface area contributed by atoms with E-state index in [2.05, 4.69) is 5.32 Å². The molecule has 0 saturated carbocycles. The zero-order valence-corrected chi connectivity index (χ0v) is 11.2. The average Bonchev–Trinajstić information content (AvgIpc) is 2.59. The molecule has 1 heterocycles. The third-order valence-electron chi connectivity index (χ3n) is 3.40. The summed E-state index contributed by atoms with van der Waals surface area (Å²) >= 11 is 0. The Balaban J connectivity index is 2.20. The minimum atomic E-state index is -0.542. The smallest absolute Gasteiger partial charge is 0.242 e. The molecule has 0 unspecified atom stereocenters. The molecule has 1 aliphatic heterocycles. The van der Waals surface area contributed by atoms with Gasteiger partial charge in [-0.25, -0.2) is 0 Å². The van der Waals surface area contributed by atoms with Gasteiger partial charge in [0.05, 0.1) is 12.1 Å². The molecule has 1 aromatic rings. The highest BCUT2D eigenvalue weighted by atomic mass is 16.5. The highest BCUT2D eigenvalue weighted by Crippen LogP contribution is 2.23. The van der Waals surface area contributed by atoms with Crippen molar-refractivity contribution in [2.75, 3.05) is 20.2 Å². The van der Waals surface area contributed by atoms with E-state index in [-0.39, 0.29) is 5.91 Å². The van der Waals surface area contributed by atoms with Gasteiger partial charge in [0.1, 0.15) is 12.4 Å². The van der Waals surface area contributed by atoms with Gasteiger partial charge in [0.15, 0.2) is 0 Å². The summed E-state index contributed by atoms with van der Waals surface area (Å²) in [6.45, 7) is 5.57. The minimum absolute atomic E-state index is 0.102. The van der Waals surface area contributed by atoms with Crippen LogP contribution in [0.2, 0.25) is 0 Å². The van der Waals surface area contributed by atoms with E-state index >= 15 is 0 Å². The Hall–Kier alpha value is -1.55. The first-order chi connectivity index (χ1) is 8.54. The lowest BCUT2D eigenvalue weighted by Crippen LogP contribution is -2.52. The number of benzene rings is 1. The van der Waals surface area contributed by atoms with Crippen molar-refractivity contribution < 1.29 is 9.53 Å². The van der Waals surface area contributed by atoms with E-state index in [0.29, 0.717) is 19.7 Å². The van der Waals surface area contributed by atoms with Gasteiger partial charge in [-0.05, 0) is 27.0 Å². The lowest BCUT2D eigenvalue weighted by atomic mass is 10.0. The maximum atomic E-state index is 12.4. The van der Waals surface area contributed by atoms with Crippen molar-refractivity contribution in [3.63, 3.8) is 0 Å². The molecule has 4 heteroatoms. The Bertz CT molecular complexity index is 443. The average molecular weight is 248 g/mol. The number of carbonyl (C=O) groups excluding carboxylic acids is 1. The van der Waals surface area contributed by atoms with Gasteiger partial charge in [0.25, 0.3) is 0 Å². The minimum Gasteiger partial charge on any atom is -0.491 e. The molecule has 0 aliphatic carbocycles. The fourth-order valence-corrected chi connectivity index (χ4v) is 2.00. The van der Waals surface area contributed by atoms with Crippen molar-refractivity contribution in [3.8, 4) is 5.75 Å². The first-order valence-corrected chi connectivity index (χ1v) is 6.23. The van der Waals surface area contributed by atoms with Crippen LogP contribution in [-0.4, -0.2) is 36.5 Å². The van der Waals surface area contributed by atoms with Crippen LogP contribution in [0.25, 0.3) is 0 Å². The number of hydrogen-bond acceptors (Lipinski definition) is 3. The summed E-state index contributed by atoms with van der Waals surface area (Å²) in [5.74, 6) is 0.986. The van der Waals surface area contributed by atoms with Gasteiger partial charge in [-0.15, -0.1) is 0 Å². The standard InChI is InChI=1S/C14H20N2O2/c1-14(2,15-3)13(17)16-8-9-18-12-7-5-4-6-11(12)10-16/h4-7,15H,8-10H2,1-3H3. The number of para-hydroxylation sites is 1. The quantitative estimate of drug-likeness (QED) is 0.860. The predicted octanol–water partition coefficient (Wildman–Crippen LogP) is 1.41. The summed E-state index contributed by atoms with van der Waals surface area (Å²) in [4.78, 5) is 14.3. The Kier molecular flexibility index (Phi) is 3.57. The molecule has 18 heavy (non-hydrogen) atoms. The number of fused-ring (bicyclic) bond motifs is 1. The normalized spacial score (nSPS) is 15.6. The number of hydrogen-bond donors (Lipinski definition) is 1. The molecule has 0 saturated heterocycles. The zero-order chi connectivity index (χ0) is 13.2. The Morgan fingerprint density at radius 2 is 2.11 bits per heavy atom. The largest absolute Gasteiger partial charge is 0.491 e. The van der Waals surface area contributed by atoms with E-state index in [9.17, 15) is 4.79 Å². The van der Waals surface area contributed by atoms with Crippen LogP contribution in [-0.2, 0) is 11.3 Å². The van der Waals surface area contributed by atoms with Crippen molar-refractivity contribution in [1.29, 1.82) is 0 Å². The van der Waals surface area contributed by atoms with E-state index in [4.69, 9.17) is 4.74 Å². The maximum Gasteiger partial charge on any atom is 0.242 e. The summed E-state index contributed by atoms with van der Waals surface area (Å²) in [5, 5.41) is 3.05. The maximum absolute atomic E-state index is 12.4. The summed E-state index contributed by atoms with van der Waals surface area (Å²) < 4.78 is 5.66. The van der Waals surface area contributed by atoms with Crippen LogP contribution in [0.5, 0.6) is 5.75 Å². The fourth-order valence-electron chi connectivity index (χ4n) is 2.00. The molecule has 1 aliphatic rings. The lowest BCUT2D eigenvalue weighted by molar-refractivity contribution is -0.137. The topological polar surface area (TPSA) is 41.6 Å². The lowest BCUT2D eigenvalue weighted by Gasteiger charge is -2.30. The van der Waals surface area contributed by atoms with Crippen LogP contribution in [0, 0.1) is 0 Å². The van der Waals surface area contributed by atoms with Gasteiger partial charge < -0.3 is 15.0 Å². The van der Waals surface area contributed by atoms with Gasteiger partial charge in [0, 0.05) is 12.1 Å². The van der Waals surface area contributed by atoms with Crippen LogP contribution < -0.4 is 10.1 Å². The highest BCUT2D eigenvalue weighted by Gasteiger charge is 2.31. The monoisotopic (exact) mass is 248 g/mol. The second-order valence-corrected chi connectivity index (χ2v) is 5.06. The van der Waals surface area contributed by atoms with Crippen LogP contribution >= 0.6 is 0 Å². The molecule has 0 spiro atoms. The van der Waals surface area contributed by atoms with Crippen molar-refractivity contribution >= 4 is 5.91 Å². The molecule has 0 aromatic heterocycles. The number of ether oxygens (including phenoxy) is 1. The Morgan fingerprint density at radius 1 is 1.39 bits per heavy atom. The molecule has 1 N–H and O–H groups in total. The van der Waals surface area contributed by atoms with Crippen molar-refractivity contribution in [2.45, 2.75) is 25.9 Å². The number of carbonyl (C=O) groups is 1. The fraction of sp³-hybridized carbons (Fsp3) is 0.500. The summed E-state index contributed by atoms with van der Waals surface area (Å²) in [5.41, 5.74) is 0.523. The van der Waals surface area contributed by atoms with Gasteiger partial charge in [-0.2, -0.15) is 0 Å². The van der Waals surface area contributed by atoms with Crippen molar-refractivity contribution in [1.82, 2.24) is 10.2 Å². The Morgan fingerprint density at radius 3 is 2.83 bits per heavy atom. The van der Waals surface area contributed by atoms with Gasteiger partial charge in [0.2, 0.25) is 5.91 Å². The number of nitrogens with one attached hydrogen (secondary N) is 1. The second-order valence-electron chi connectivity index (χ2n) is 5.06. The molecule has 2 rings (SSSR count). The van der Waals surface area contributed by atoms with E-state index in [1.54, 1.807) is 7.05 Å². The Labute approximate surface area is 108 Å². The predicted molar refractivity (Wildman–Crippen MR) is 70.5 cm³/mol. The molecule has 98 valence electrons. The van der Waals surface area contributed by atoms with E-state index < -0.39 is 5.54 Å². The third-order valence-corrected chi connectivity index (χ3v) is 3.40. The summed E-state index contributed by atoms with van der Waals surface area (Å²) in [7, 11) is 1.81. The molecule has 0 atom stereocenters. The van der Waals surface area contributed by atoms with Gasteiger partial charge >= 0.3 is 0 Å². The zero-order valence-electron chi connectivity index (χ0n) is 11.2. The van der Waals surface area contributed by atoms with Gasteiger partial charge in [-0.3, -0.25) is 4.79 Å². The molecule has 0 radical (unpaired) electrons. The molecule has 1 aromatic carbocycles. The van der Waals surface area contributed by atoms with Crippen LogP contribution in [0.3, 0.4) is 0 Å². The number of rotatable bonds is 2. The van der Waals surface area contributed by atoms with Crippen molar-refractivity contribution in [3.05, 3.63) is 29.8 Å². The number of likely N-dealkylation sites (N-methyl/N-ethyl adjacent to an activating group) is 1. The highest BCUT2D eigenvalue weighted by molar-refractivity contribution is 5.85.